The quantitative estimate of drug-likeness (QED) is 0.791. The van der Waals surface area contributed by atoms with E-state index in [0.29, 0.717) is 0 Å². The zero-order valence-electron chi connectivity index (χ0n) is 10.1. The molecule has 0 bridgehead atoms. The summed E-state index contributed by atoms with van der Waals surface area (Å²) in [6.45, 7) is 1.48. The molecule has 0 aliphatic carbocycles. The molecule has 4 N–H and O–H groups in total. The van der Waals surface area contributed by atoms with Gasteiger partial charge in [-0.15, -0.1) is 0 Å². The Balaban J connectivity index is 2.20. The van der Waals surface area contributed by atoms with Gasteiger partial charge < -0.3 is 11.1 Å². The van der Waals surface area contributed by atoms with E-state index in [2.05, 4.69) is 15.5 Å². The molecule has 0 fully saturated rings. The maximum absolute atomic E-state index is 13.5. The summed E-state index contributed by atoms with van der Waals surface area (Å²) in [4.78, 5) is 11.8. The maximum Gasteiger partial charge on any atom is 0.271 e. The topological polar surface area (TPSA) is 83.8 Å². The minimum absolute atomic E-state index is 0.0589. The number of carbonyl (C=O) groups is 1. The molecule has 1 aromatic carbocycles. The van der Waals surface area contributed by atoms with E-state index in [-0.39, 0.29) is 16.9 Å². The van der Waals surface area contributed by atoms with Crippen LogP contribution in [0.4, 0.5) is 14.5 Å². The van der Waals surface area contributed by atoms with Gasteiger partial charge in [-0.05, 0) is 19.1 Å². The van der Waals surface area contributed by atoms with Crippen molar-refractivity contribution < 1.29 is 13.6 Å². The van der Waals surface area contributed by atoms with Crippen molar-refractivity contribution in [2.45, 2.75) is 13.0 Å². The van der Waals surface area contributed by atoms with Gasteiger partial charge in [-0.1, -0.05) is 6.07 Å². The van der Waals surface area contributed by atoms with Crippen molar-refractivity contribution in [1.82, 2.24) is 15.5 Å². The maximum atomic E-state index is 13.5. The van der Waals surface area contributed by atoms with E-state index in [9.17, 15) is 13.6 Å². The fourth-order valence-electron chi connectivity index (χ4n) is 1.74. The van der Waals surface area contributed by atoms with Gasteiger partial charge in [-0.2, -0.15) is 5.10 Å². The molecule has 100 valence electrons. The second kappa shape index (κ2) is 5.05. The number of carbonyl (C=O) groups excluding carboxylic acids is 1. The van der Waals surface area contributed by atoms with Crippen molar-refractivity contribution >= 4 is 11.6 Å². The van der Waals surface area contributed by atoms with Crippen molar-refractivity contribution in [2.24, 2.45) is 0 Å². The summed E-state index contributed by atoms with van der Waals surface area (Å²) in [6, 6.07) is 2.68. The van der Waals surface area contributed by atoms with Gasteiger partial charge in [0, 0.05) is 5.56 Å². The highest BCUT2D eigenvalue weighted by Crippen LogP contribution is 2.20. The summed E-state index contributed by atoms with van der Waals surface area (Å²) in [5, 5.41) is 8.47. The molecule has 7 heteroatoms. The van der Waals surface area contributed by atoms with Crippen LogP contribution in [0.2, 0.25) is 0 Å². The van der Waals surface area contributed by atoms with Crippen LogP contribution in [0.3, 0.4) is 0 Å². The molecular weight excluding hydrogens is 254 g/mol. The van der Waals surface area contributed by atoms with Crippen molar-refractivity contribution in [1.29, 1.82) is 0 Å². The fourth-order valence-corrected chi connectivity index (χ4v) is 1.74. The molecule has 1 aromatic heterocycles. The molecule has 1 atom stereocenters. The van der Waals surface area contributed by atoms with Gasteiger partial charge in [0.05, 0.1) is 17.9 Å². The smallest absolute Gasteiger partial charge is 0.271 e. The van der Waals surface area contributed by atoms with Gasteiger partial charge in [-0.3, -0.25) is 9.89 Å². The SMILES string of the molecule is CC(NC(=O)c1[nH]ncc1N)c1c(F)cccc1F. The third-order valence-corrected chi connectivity index (χ3v) is 2.68. The van der Waals surface area contributed by atoms with Crippen LogP contribution < -0.4 is 11.1 Å². The van der Waals surface area contributed by atoms with Crippen LogP contribution in [0, 0.1) is 11.6 Å². The second-order valence-corrected chi connectivity index (χ2v) is 4.03. The first kappa shape index (κ1) is 13.0. The number of aromatic nitrogens is 2. The molecule has 2 aromatic rings. The van der Waals surface area contributed by atoms with Gasteiger partial charge >= 0.3 is 0 Å². The summed E-state index contributed by atoms with van der Waals surface area (Å²) in [6.07, 6.45) is 1.28. The molecule has 2 rings (SSSR count). The molecule has 0 aliphatic heterocycles. The average Bonchev–Trinajstić information content (AvgIpc) is 2.75. The molecule has 0 saturated heterocycles. The van der Waals surface area contributed by atoms with E-state index in [1.54, 1.807) is 0 Å². The summed E-state index contributed by atoms with van der Waals surface area (Å²) >= 11 is 0. The Morgan fingerprint density at radius 1 is 1.42 bits per heavy atom. The second-order valence-electron chi connectivity index (χ2n) is 4.03. The fraction of sp³-hybridized carbons (Fsp3) is 0.167. The Hall–Kier alpha value is -2.44. The number of nitrogens with zero attached hydrogens (tertiary/aromatic N) is 1. The number of nitrogen functional groups attached to an aromatic ring is 1. The Bertz CT molecular complexity index is 591. The molecule has 5 nitrogen and oxygen atoms in total. The lowest BCUT2D eigenvalue weighted by Crippen LogP contribution is -2.28. The Labute approximate surface area is 107 Å². The highest BCUT2D eigenvalue weighted by molar-refractivity contribution is 5.97. The molecule has 0 saturated carbocycles. The number of hydrogen-bond donors (Lipinski definition) is 3. The van der Waals surface area contributed by atoms with Crippen LogP contribution in [-0.2, 0) is 0 Å². The summed E-state index contributed by atoms with van der Waals surface area (Å²) < 4.78 is 27.1. The van der Waals surface area contributed by atoms with Crippen LogP contribution >= 0.6 is 0 Å². The summed E-state index contributed by atoms with van der Waals surface area (Å²) in [5.74, 6) is -2.01. The van der Waals surface area contributed by atoms with Crippen molar-refractivity contribution in [2.75, 3.05) is 5.73 Å². The number of rotatable bonds is 3. The lowest BCUT2D eigenvalue weighted by Gasteiger charge is -2.15. The zero-order chi connectivity index (χ0) is 14.0. The van der Waals surface area contributed by atoms with E-state index in [1.807, 2.05) is 0 Å². The third-order valence-electron chi connectivity index (χ3n) is 2.68. The number of hydrogen-bond acceptors (Lipinski definition) is 3. The van der Waals surface area contributed by atoms with Crippen molar-refractivity contribution in [3.05, 3.63) is 47.3 Å². The molecule has 19 heavy (non-hydrogen) atoms. The van der Waals surface area contributed by atoms with Crippen LogP contribution in [0.1, 0.15) is 29.0 Å². The Morgan fingerprint density at radius 3 is 2.58 bits per heavy atom. The lowest BCUT2D eigenvalue weighted by atomic mass is 10.1. The highest BCUT2D eigenvalue weighted by atomic mass is 19.1. The predicted octanol–water partition coefficient (Wildman–Crippen LogP) is 1.76. The molecule has 0 spiro atoms. The first-order valence-corrected chi connectivity index (χ1v) is 5.54. The van der Waals surface area contributed by atoms with Crippen LogP contribution in [0.5, 0.6) is 0 Å². The summed E-state index contributed by atoms with van der Waals surface area (Å²) in [7, 11) is 0. The van der Waals surface area contributed by atoms with E-state index >= 15 is 0 Å². The van der Waals surface area contributed by atoms with Gasteiger partial charge in [0.2, 0.25) is 0 Å². The first-order valence-electron chi connectivity index (χ1n) is 5.54. The van der Waals surface area contributed by atoms with Gasteiger partial charge in [-0.25, -0.2) is 8.78 Å². The lowest BCUT2D eigenvalue weighted by molar-refractivity contribution is 0.0934. The largest absolute Gasteiger partial charge is 0.396 e. The van der Waals surface area contributed by atoms with E-state index in [0.717, 1.165) is 12.1 Å². The molecule has 1 unspecified atom stereocenters. The van der Waals surface area contributed by atoms with Crippen molar-refractivity contribution in [3.8, 4) is 0 Å². The van der Waals surface area contributed by atoms with Crippen LogP contribution in [0.15, 0.2) is 24.4 Å². The number of benzene rings is 1. The molecular formula is C12H12F2N4O. The molecule has 0 radical (unpaired) electrons. The standard InChI is InChI=1S/C12H12F2N4O/c1-6(10-7(13)3-2-4-8(10)14)17-12(19)11-9(15)5-16-18-11/h2-6H,15H2,1H3,(H,16,18)(H,17,19). The first-order chi connectivity index (χ1) is 9.00. The molecule has 1 amide bonds. The third kappa shape index (κ3) is 2.54. The summed E-state index contributed by atoms with van der Waals surface area (Å²) in [5.41, 5.74) is 5.54. The monoisotopic (exact) mass is 266 g/mol. The minimum Gasteiger partial charge on any atom is -0.396 e. The number of H-pyrrole nitrogens is 1. The highest BCUT2D eigenvalue weighted by Gasteiger charge is 2.20. The number of anilines is 1. The number of halogens is 2. The minimum atomic E-state index is -0.837. The van der Waals surface area contributed by atoms with E-state index < -0.39 is 23.6 Å². The molecule has 0 aliphatic rings. The van der Waals surface area contributed by atoms with Crippen molar-refractivity contribution in [3.63, 3.8) is 0 Å². The van der Waals surface area contributed by atoms with E-state index in [1.165, 1.54) is 19.2 Å². The zero-order valence-corrected chi connectivity index (χ0v) is 10.1. The number of nitrogens with two attached hydrogens (primary N) is 1. The van der Waals surface area contributed by atoms with E-state index in [4.69, 9.17) is 5.73 Å². The van der Waals surface area contributed by atoms with Gasteiger partial charge in [0.25, 0.3) is 5.91 Å². The van der Waals surface area contributed by atoms with Crippen LogP contribution in [0.25, 0.3) is 0 Å². The van der Waals surface area contributed by atoms with Gasteiger partial charge in [0.1, 0.15) is 17.3 Å². The van der Waals surface area contributed by atoms with Gasteiger partial charge in [0.15, 0.2) is 0 Å². The number of nitrogens with one attached hydrogen (secondary N) is 2. The molecule has 1 heterocycles. The Kier molecular flexibility index (Phi) is 3.46. The average molecular weight is 266 g/mol. The van der Waals surface area contributed by atoms with Crippen LogP contribution in [-0.4, -0.2) is 16.1 Å². The predicted molar refractivity (Wildman–Crippen MR) is 65.2 cm³/mol. The normalized spacial score (nSPS) is 12.2. The number of amides is 1. The number of aromatic amines is 1. The Morgan fingerprint density at radius 2 is 2.05 bits per heavy atom.